The maximum Gasteiger partial charge on any atom is 2.00 e. The van der Waals surface area contributed by atoms with Crippen molar-refractivity contribution in [3.8, 4) is 0 Å². The van der Waals surface area contributed by atoms with Crippen molar-refractivity contribution < 1.29 is 20.0 Å². The second-order valence-electron chi connectivity index (χ2n) is 13.7. The van der Waals surface area contributed by atoms with Crippen LogP contribution in [0.1, 0.15) is 251 Å². The first kappa shape index (κ1) is 50.5. The molecule has 0 radical (unpaired) electrons. The number of rotatable bonds is 36. The average molecular weight is 675 g/mol. The van der Waals surface area contributed by atoms with E-state index >= 15 is 0 Å². The van der Waals surface area contributed by atoms with Gasteiger partial charge in [0, 0.05) is 12.8 Å². The zero-order valence-electron chi connectivity index (χ0n) is 35.1. The van der Waals surface area contributed by atoms with Crippen LogP contribution in [0, 0.1) is 0 Å². The second-order valence-corrected chi connectivity index (χ2v) is 13.7. The van der Waals surface area contributed by atoms with Crippen LogP contribution < -0.4 is 0 Å². The topological polar surface area (TPSA) is 43.4 Å². The van der Waals surface area contributed by atoms with E-state index in [4.69, 9.17) is 4.74 Å². The van der Waals surface area contributed by atoms with E-state index in [0.717, 1.165) is 25.7 Å². The molecule has 0 unspecified atom stereocenters. The van der Waals surface area contributed by atoms with Crippen molar-refractivity contribution in [2.75, 3.05) is 0 Å². The van der Waals surface area contributed by atoms with E-state index in [9.17, 15) is 9.59 Å². The van der Waals surface area contributed by atoms with Gasteiger partial charge in [-0.1, -0.05) is 219 Å². The maximum absolute atomic E-state index is 12.0. The third-order valence-electron chi connectivity index (χ3n) is 9.20. The van der Waals surface area contributed by atoms with Crippen molar-refractivity contribution >= 4 is 72.7 Å². The van der Waals surface area contributed by atoms with E-state index in [1.807, 2.05) is 0 Å². The van der Waals surface area contributed by atoms with Crippen LogP contribution in [-0.4, -0.2) is 72.7 Å². The van der Waals surface area contributed by atoms with E-state index in [1.54, 1.807) is 0 Å². The van der Waals surface area contributed by atoms with Gasteiger partial charge >= 0.3 is 72.7 Å². The molecule has 45 heavy (non-hydrogen) atoms. The SMILES string of the molecule is CCCCCCCCCCCCCCCCCCCCCC(=O)OC(=O)CCCCCCCCCCCCCCCCC.[Ca+2].[H-].[H-].[H-].[H-].[Mg+2]. The summed E-state index contributed by atoms with van der Waals surface area (Å²) in [4.78, 5) is 23.9. The Kier molecular flexibility index (Phi) is 50.7. The normalized spacial score (nSPS) is 10.8. The zero-order chi connectivity index (χ0) is 31.3. The Balaban J connectivity index is -0.000000588. The molecule has 0 N–H and O–H groups in total. The number of carbonyl (C=O) groups excluding carboxylic acids is 2. The third kappa shape index (κ3) is 45.2. The minimum atomic E-state index is -0.322. The second kappa shape index (κ2) is 45.2. The first-order chi connectivity index (χ1) is 21.2. The number of hydrogen-bond donors (Lipinski definition) is 0. The molecule has 0 aliphatic carbocycles. The van der Waals surface area contributed by atoms with Crippen molar-refractivity contribution in [2.45, 2.75) is 245 Å². The van der Waals surface area contributed by atoms with Gasteiger partial charge in [0.2, 0.25) is 0 Å². The molecule has 3 nitrogen and oxygen atoms in total. The van der Waals surface area contributed by atoms with Gasteiger partial charge in [-0.05, 0) is 12.8 Å². The number of ether oxygens (including phenoxy) is 1. The molecule has 0 saturated heterocycles. The van der Waals surface area contributed by atoms with Crippen LogP contribution in [-0.2, 0) is 14.3 Å². The number of carbonyl (C=O) groups is 2. The van der Waals surface area contributed by atoms with Gasteiger partial charge in [-0.3, -0.25) is 9.59 Å². The molecule has 0 amide bonds. The quantitative estimate of drug-likeness (QED) is 0.0287. The molecule has 0 fully saturated rings. The van der Waals surface area contributed by atoms with Gasteiger partial charge < -0.3 is 10.4 Å². The molecular weight excluding hydrogens is 593 g/mol. The maximum atomic E-state index is 12.0. The summed E-state index contributed by atoms with van der Waals surface area (Å²) in [5, 5.41) is 0. The molecular formula is C40H82CaMgO3. The Morgan fingerprint density at radius 2 is 0.489 bits per heavy atom. The molecule has 0 atom stereocenters. The monoisotopic (exact) mass is 675 g/mol. The van der Waals surface area contributed by atoms with Crippen LogP contribution in [0.15, 0.2) is 0 Å². The Morgan fingerprint density at radius 3 is 0.667 bits per heavy atom. The molecule has 264 valence electrons. The fourth-order valence-electron chi connectivity index (χ4n) is 6.22. The Morgan fingerprint density at radius 1 is 0.333 bits per heavy atom. The minimum Gasteiger partial charge on any atom is -1.00 e. The van der Waals surface area contributed by atoms with Gasteiger partial charge in [-0.25, -0.2) is 0 Å². The van der Waals surface area contributed by atoms with Crippen LogP contribution in [0.4, 0.5) is 0 Å². The molecule has 0 spiro atoms. The van der Waals surface area contributed by atoms with E-state index in [-0.39, 0.29) is 78.4 Å². The van der Waals surface area contributed by atoms with Crippen molar-refractivity contribution in [3.63, 3.8) is 0 Å². The fraction of sp³-hybridized carbons (Fsp3) is 0.950. The van der Waals surface area contributed by atoms with Gasteiger partial charge in [0.05, 0.1) is 0 Å². The summed E-state index contributed by atoms with van der Waals surface area (Å²) >= 11 is 0. The third-order valence-corrected chi connectivity index (χ3v) is 9.20. The van der Waals surface area contributed by atoms with Crippen LogP contribution in [0.25, 0.3) is 0 Å². The molecule has 0 aromatic carbocycles. The number of hydrogen-bond acceptors (Lipinski definition) is 3. The summed E-state index contributed by atoms with van der Waals surface area (Å²) in [5.74, 6) is -0.643. The summed E-state index contributed by atoms with van der Waals surface area (Å²) in [6.07, 6.45) is 46.0. The molecule has 0 aliphatic rings. The van der Waals surface area contributed by atoms with Crippen LogP contribution >= 0.6 is 0 Å². The fourth-order valence-corrected chi connectivity index (χ4v) is 6.22. The Hall–Kier alpha value is 1.17. The first-order valence-corrected chi connectivity index (χ1v) is 19.9. The molecule has 0 saturated carbocycles. The van der Waals surface area contributed by atoms with Crippen LogP contribution in [0.3, 0.4) is 0 Å². The average Bonchev–Trinajstić information content (AvgIpc) is 3.00. The first-order valence-electron chi connectivity index (χ1n) is 19.9. The van der Waals surface area contributed by atoms with Crippen molar-refractivity contribution in [1.82, 2.24) is 0 Å². The molecule has 0 rings (SSSR count). The molecule has 0 aromatic heterocycles. The molecule has 0 aliphatic heterocycles. The number of esters is 2. The van der Waals surface area contributed by atoms with Gasteiger partial charge in [0.1, 0.15) is 0 Å². The summed E-state index contributed by atoms with van der Waals surface area (Å²) in [7, 11) is 0. The van der Waals surface area contributed by atoms with Crippen LogP contribution in [0.5, 0.6) is 0 Å². The smallest absolute Gasteiger partial charge is 1.00 e. The van der Waals surface area contributed by atoms with Gasteiger partial charge in [0.15, 0.2) is 0 Å². The van der Waals surface area contributed by atoms with Gasteiger partial charge in [0.25, 0.3) is 0 Å². The predicted molar refractivity (Wildman–Crippen MR) is 205 cm³/mol. The Bertz CT molecular complexity index is 592. The number of unbranched alkanes of at least 4 members (excludes halogenated alkanes) is 32. The van der Waals surface area contributed by atoms with Gasteiger partial charge in [-0.15, -0.1) is 0 Å². The van der Waals surface area contributed by atoms with Crippen molar-refractivity contribution in [1.29, 1.82) is 0 Å². The summed E-state index contributed by atoms with van der Waals surface area (Å²) in [6, 6.07) is 0. The molecule has 0 bridgehead atoms. The molecule has 5 heteroatoms. The van der Waals surface area contributed by atoms with E-state index in [2.05, 4.69) is 13.8 Å². The van der Waals surface area contributed by atoms with E-state index in [1.165, 1.54) is 193 Å². The minimum absolute atomic E-state index is 0. The van der Waals surface area contributed by atoms with Crippen molar-refractivity contribution in [2.24, 2.45) is 0 Å². The predicted octanol–water partition coefficient (Wildman–Crippen LogP) is 13.8. The van der Waals surface area contributed by atoms with E-state index in [0.29, 0.717) is 12.8 Å². The van der Waals surface area contributed by atoms with Gasteiger partial charge in [-0.2, -0.15) is 0 Å². The Labute approximate surface area is 335 Å². The van der Waals surface area contributed by atoms with E-state index < -0.39 is 0 Å². The summed E-state index contributed by atoms with van der Waals surface area (Å²) < 4.78 is 5.03. The largest absolute Gasteiger partial charge is 2.00 e. The standard InChI is InChI=1S/C40H78O3.Ca.Mg.4H/c1-3-5-7-9-11-13-15-17-19-20-21-22-24-26-28-30-32-34-36-38-40(42)43-39(41)37-35-33-31-29-27-25-23-18-16-14-12-10-8-6-4-2;;;;;;/h3-38H2,1-2H3;;;;;;/q;2*+2;4*-1. The summed E-state index contributed by atoms with van der Waals surface area (Å²) in [5.41, 5.74) is 0. The van der Waals surface area contributed by atoms with Crippen LogP contribution in [0.2, 0.25) is 0 Å². The zero-order valence-corrected chi connectivity index (χ0v) is 34.7. The molecule has 0 aromatic rings. The molecule has 0 heterocycles. The summed E-state index contributed by atoms with van der Waals surface area (Å²) in [6.45, 7) is 4.57. The van der Waals surface area contributed by atoms with Crippen molar-refractivity contribution in [3.05, 3.63) is 0 Å².